The Kier molecular flexibility index (Phi) is 5.65. The Balaban J connectivity index is 1.54. The molecule has 6 heteroatoms. The Morgan fingerprint density at radius 2 is 1.91 bits per heavy atom. The zero-order chi connectivity index (χ0) is 16.1. The highest BCUT2D eigenvalue weighted by Gasteiger charge is 2.38. The molecule has 2 aliphatic rings. The quantitative estimate of drug-likeness (QED) is 0.897. The van der Waals surface area contributed by atoms with Gasteiger partial charge in [0, 0.05) is 43.3 Å². The van der Waals surface area contributed by atoms with Crippen molar-refractivity contribution in [3.8, 4) is 0 Å². The minimum atomic E-state index is -0.146. The lowest BCUT2D eigenvalue weighted by Gasteiger charge is -2.32. The molecule has 0 spiro atoms. The second kappa shape index (κ2) is 7.90. The number of nitrogens with one attached hydrogen (secondary N) is 1. The van der Waals surface area contributed by atoms with E-state index in [0.29, 0.717) is 6.54 Å². The summed E-state index contributed by atoms with van der Waals surface area (Å²) in [5, 5.41) is 5.03. The van der Waals surface area contributed by atoms with Crippen molar-refractivity contribution in [1.29, 1.82) is 0 Å². The van der Waals surface area contributed by atoms with Crippen molar-refractivity contribution in [3.63, 3.8) is 0 Å². The molecule has 2 amide bonds. The fraction of sp³-hybridized carbons (Fsp3) is 0.706. The highest BCUT2D eigenvalue weighted by atomic mass is 32.1. The molecule has 1 saturated heterocycles. The maximum absolute atomic E-state index is 12.7. The lowest BCUT2D eigenvalue weighted by molar-refractivity contribution is -0.142. The summed E-state index contributed by atoms with van der Waals surface area (Å²) in [6.07, 6.45) is 6.77. The number of aromatic nitrogens is 1. The van der Waals surface area contributed by atoms with Gasteiger partial charge in [0.05, 0.1) is 11.2 Å². The molecule has 2 atom stereocenters. The third kappa shape index (κ3) is 4.10. The molecule has 1 aliphatic heterocycles. The van der Waals surface area contributed by atoms with E-state index in [9.17, 15) is 9.59 Å². The maximum Gasteiger partial charge on any atom is 0.226 e. The standard InChI is InChI=1S/C17H25N3O2S/c21-16(18-8-7-13-11-23-12-19-13)14-5-1-2-6-15(14)17(22)20-9-3-4-10-20/h11-12,14-15H,1-10H2,(H,18,21)/t14-,15+/m0/s1. The molecule has 1 aromatic rings. The Labute approximate surface area is 141 Å². The van der Waals surface area contributed by atoms with Gasteiger partial charge in [-0.1, -0.05) is 12.8 Å². The van der Waals surface area contributed by atoms with Crippen LogP contribution in [-0.2, 0) is 16.0 Å². The zero-order valence-corrected chi connectivity index (χ0v) is 14.3. The molecule has 5 nitrogen and oxygen atoms in total. The van der Waals surface area contributed by atoms with Gasteiger partial charge in [-0.25, -0.2) is 4.98 Å². The first-order valence-electron chi connectivity index (χ1n) is 8.69. The molecular weight excluding hydrogens is 310 g/mol. The Morgan fingerprint density at radius 1 is 1.17 bits per heavy atom. The van der Waals surface area contributed by atoms with Crippen LogP contribution in [0.2, 0.25) is 0 Å². The van der Waals surface area contributed by atoms with E-state index in [1.807, 2.05) is 15.8 Å². The van der Waals surface area contributed by atoms with Crippen LogP contribution in [0.5, 0.6) is 0 Å². The van der Waals surface area contributed by atoms with Crippen LogP contribution in [0, 0.1) is 11.8 Å². The largest absolute Gasteiger partial charge is 0.355 e. The molecule has 2 fully saturated rings. The molecule has 1 aliphatic carbocycles. The van der Waals surface area contributed by atoms with E-state index in [0.717, 1.165) is 63.7 Å². The summed E-state index contributed by atoms with van der Waals surface area (Å²) in [6, 6.07) is 0. The summed E-state index contributed by atoms with van der Waals surface area (Å²) in [4.78, 5) is 31.5. The summed E-state index contributed by atoms with van der Waals surface area (Å²) >= 11 is 1.57. The summed E-state index contributed by atoms with van der Waals surface area (Å²) in [5.41, 5.74) is 2.83. The number of amides is 2. The predicted molar refractivity (Wildman–Crippen MR) is 90.1 cm³/mol. The van der Waals surface area contributed by atoms with Crippen LogP contribution < -0.4 is 5.32 Å². The lowest BCUT2D eigenvalue weighted by atomic mass is 9.78. The number of nitrogens with zero attached hydrogens (tertiary/aromatic N) is 2. The van der Waals surface area contributed by atoms with E-state index < -0.39 is 0 Å². The minimum Gasteiger partial charge on any atom is -0.355 e. The number of likely N-dealkylation sites (tertiary alicyclic amines) is 1. The monoisotopic (exact) mass is 335 g/mol. The molecule has 2 heterocycles. The van der Waals surface area contributed by atoms with Crippen molar-refractivity contribution >= 4 is 23.2 Å². The molecule has 1 N–H and O–H groups in total. The van der Waals surface area contributed by atoms with Crippen molar-refractivity contribution in [3.05, 3.63) is 16.6 Å². The molecule has 0 aromatic carbocycles. The normalized spacial score (nSPS) is 24.6. The first kappa shape index (κ1) is 16.4. The number of carbonyl (C=O) groups is 2. The van der Waals surface area contributed by atoms with Crippen molar-refractivity contribution in [1.82, 2.24) is 15.2 Å². The summed E-state index contributed by atoms with van der Waals surface area (Å²) in [7, 11) is 0. The van der Waals surface area contributed by atoms with E-state index in [2.05, 4.69) is 10.3 Å². The molecule has 1 saturated carbocycles. The second-order valence-corrected chi connectivity index (χ2v) is 7.27. The van der Waals surface area contributed by atoms with Gasteiger partial charge in [0.1, 0.15) is 0 Å². The van der Waals surface area contributed by atoms with E-state index in [-0.39, 0.29) is 23.7 Å². The Bertz CT molecular complexity index is 526. The molecule has 1 aromatic heterocycles. The van der Waals surface area contributed by atoms with E-state index >= 15 is 0 Å². The van der Waals surface area contributed by atoms with Gasteiger partial charge in [-0.15, -0.1) is 11.3 Å². The molecule has 126 valence electrons. The van der Waals surface area contributed by atoms with E-state index in [1.165, 1.54) is 0 Å². The number of carbonyl (C=O) groups excluding carboxylic acids is 2. The molecule has 0 unspecified atom stereocenters. The van der Waals surface area contributed by atoms with Gasteiger partial charge >= 0.3 is 0 Å². The maximum atomic E-state index is 12.7. The number of rotatable bonds is 5. The van der Waals surface area contributed by atoms with Gasteiger partial charge in [0.15, 0.2) is 0 Å². The average molecular weight is 335 g/mol. The molecule has 3 rings (SSSR count). The van der Waals surface area contributed by atoms with Gasteiger partial charge in [0.25, 0.3) is 0 Å². The first-order valence-corrected chi connectivity index (χ1v) is 9.63. The van der Waals surface area contributed by atoms with Gasteiger partial charge in [-0.2, -0.15) is 0 Å². The van der Waals surface area contributed by atoms with Crippen LogP contribution in [0.3, 0.4) is 0 Å². The van der Waals surface area contributed by atoms with Gasteiger partial charge in [-0.05, 0) is 25.7 Å². The molecule has 23 heavy (non-hydrogen) atoms. The smallest absolute Gasteiger partial charge is 0.226 e. The van der Waals surface area contributed by atoms with E-state index in [4.69, 9.17) is 0 Å². The summed E-state index contributed by atoms with van der Waals surface area (Å²) < 4.78 is 0. The van der Waals surface area contributed by atoms with Crippen LogP contribution in [0.4, 0.5) is 0 Å². The fourth-order valence-electron chi connectivity index (χ4n) is 3.72. The lowest BCUT2D eigenvalue weighted by Crippen LogP contribution is -2.45. The SMILES string of the molecule is O=C(NCCc1cscn1)[C@H]1CCCC[C@H]1C(=O)N1CCCC1. The van der Waals surface area contributed by atoms with Crippen LogP contribution in [0.15, 0.2) is 10.9 Å². The van der Waals surface area contributed by atoms with Crippen LogP contribution >= 0.6 is 11.3 Å². The van der Waals surface area contributed by atoms with E-state index in [1.54, 1.807) is 11.3 Å². The van der Waals surface area contributed by atoms with Gasteiger partial charge in [0.2, 0.25) is 11.8 Å². The van der Waals surface area contributed by atoms with Crippen LogP contribution in [0.1, 0.15) is 44.2 Å². The summed E-state index contributed by atoms with van der Waals surface area (Å²) in [6.45, 7) is 2.34. The first-order chi connectivity index (χ1) is 11.3. The van der Waals surface area contributed by atoms with Crippen molar-refractivity contribution < 1.29 is 9.59 Å². The summed E-state index contributed by atoms with van der Waals surface area (Å²) in [5.74, 6) is 0.00716. The predicted octanol–water partition coefficient (Wildman–Crippen LogP) is 2.23. The van der Waals surface area contributed by atoms with Crippen molar-refractivity contribution in [2.24, 2.45) is 11.8 Å². The molecule has 0 bridgehead atoms. The Morgan fingerprint density at radius 3 is 2.61 bits per heavy atom. The van der Waals surface area contributed by atoms with Gasteiger partial charge in [-0.3, -0.25) is 9.59 Å². The highest BCUT2D eigenvalue weighted by Crippen LogP contribution is 2.32. The number of thiazole rings is 1. The van der Waals surface area contributed by atoms with Crippen molar-refractivity contribution in [2.45, 2.75) is 44.9 Å². The topological polar surface area (TPSA) is 62.3 Å². The van der Waals surface area contributed by atoms with Crippen molar-refractivity contribution in [2.75, 3.05) is 19.6 Å². The van der Waals surface area contributed by atoms with Crippen LogP contribution in [-0.4, -0.2) is 41.3 Å². The fourth-order valence-corrected chi connectivity index (χ4v) is 4.31. The third-order valence-corrected chi connectivity index (χ3v) is 5.64. The number of hydrogen-bond acceptors (Lipinski definition) is 4. The van der Waals surface area contributed by atoms with Crippen LogP contribution in [0.25, 0.3) is 0 Å². The molecular formula is C17H25N3O2S. The number of hydrogen-bond donors (Lipinski definition) is 1. The highest BCUT2D eigenvalue weighted by molar-refractivity contribution is 7.07. The average Bonchev–Trinajstić information content (AvgIpc) is 3.27. The second-order valence-electron chi connectivity index (χ2n) is 6.55. The minimum absolute atomic E-state index is 0.0532. The third-order valence-electron chi connectivity index (χ3n) is 5.00. The van der Waals surface area contributed by atoms with Gasteiger partial charge < -0.3 is 10.2 Å². The Hall–Kier alpha value is -1.43. The zero-order valence-electron chi connectivity index (χ0n) is 13.5. The molecule has 0 radical (unpaired) electrons.